The number of amides is 1. The number of nitrogens with zero attached hydrogens (tertiary/aromatic N) is 3. The largest absolute Gasteiger partial charge is 0.486 e. The fourth-order valence-electron chi connectivity index (χ4n) is 3.90. The highest BCUT2D eigenvalue weighted by Gasteiger charge is 2.25. The summed E-state index contributed by atoms with van der Waals surface area (Å²) in [4.78, 5) is 19.1. The second-order valence-electron chi connectivity index (χ2n) is 8.16. The lowest BCUT2D eigenvalue weighted by molar-refractivity contribution is -0.133. The minimum absolute atomic E-state index is 0.125. The average molecular weight is 422 g/mol. The molecule has 0 spiro atoms. The van der Waals surface area contributed by atoms with Crippen LogP contribution in [-0.4, -0.2) is 86.2 Å². The van der Waals surface area contributed by atoms with Gasteiger partial charge in [-0.05, 0) is 17.7 Å². The van der Waals surface area contributed by atoms with E-state index >= 15 is 0 Å². The molecule has 4 rings (SSSR count). The van der Waals surface area contributed by atoms with Crippen molar-refractivity contribution in [2.24, 2.45) is 0 Å². The molecule has 1 amide bonds. The maximum atomic E-state index is 12.7. The van der Waals surface area contributed by atoms with Gasteiger partial charge in [0.1, 0.15) is 6.61 Å². The smallest absolute Gasteiger partial charge is 0.236 e. The maximum Gasteiger partial charge on any atom is 0.236 e. The van der Waals surface area contributed by atoms with Gasteiger partial charge in [-0.3, -0.25) is 14.6 Å². The first-order chi connectivity index (χ1) is 15.2. The van der Waals surface area contributed by atoms with Gasteiger partial charge in [0.25, 0.3) is 0 Å². The minimum Gasteiger partial charge on any atom is -0.486 e. The fourth-order valence-corrected chi connectivity index (χ4v) is 3.90. The Morgan fingerprint density at radius 2 is 1.68 bits per heavy atom. The summed E-state index contributed by atoms with van der Waals surface area (Å²) in [5, 5.41) is 0. The molecule has 2 heterocycles. The predicted molar refractivity (Wildman–Crippen MR) is 122 cm³/mol. The molecule has 0 bridgehead atoms. The lowest BCUT2D eigenvalue weighted by Crippen LogP contribution is -2.50. The van der Waals surface area contributed by atoms with Crippen molar-refractivity contribution in [1.82, 2.24) is 14.7 Å². The molecule has 2 aromatic carbocycles. The number of para-hydroxylation sites is 2. The quantitative estimate of drug-likeness (QED) is 0.688. The molecule has 2 aliphatic heterocycles. The summed E-state index contributed by atoms with van der Waals surface area (Å²) >= 11 is 0. The lowest BCUT2D eigenvalue weighted by Gasteiger charge is -2.35. The monoisotopic (exact) mass is 421 g/mol. The Bertz CT molecular complexity index is 879. The molecule has 164 valence electrons. The van der Waals surface area contributed by atoms with Gasteiger partial charge in [-0.2, -0.15) is 0 Å². The van der Waals surface area contributed by atoms with E-state index in [4.69, 9.17) is 9.47 Å². The van der Waals surface area contributed by atoms with Crippen LogP contribution in [0.5, 0.6) is 11.5 Å². The number of piperazine rings is 1. The van der Waals surface area contributed by atoms with Crippen LogP contribution in [-0.2, 0) is 4.79 Å². The van der Waals surface area contributed by atoms with Crippen LogP contribution in [0, 0.1) is 0 Å². The van der Waals surface area contributed by atoms with Crippen molar-refractivity contribution >= 4 is 12.0 Å². The molecule has 1 fully saturated rings. The first-order valence-corrected chi connectivity index (χ1v) is 11.0. The maximum absolute atomic E-state index is 12.7. The summed E-state index contributed by atoms with van der Waals surface area (Å²) in [5.41, 5.74) is 1.23. The fraction of sp³-hybridized carbons (Fsp3) is 0.400. The van der Waals surface area contributed by atoms with Crippen LogP contribution < -0.4 is 9.47 Å². The molecule has 0 aliphatic carbocycles. The Morgan fingerprint density at radius 1 is 1.00 bits per heavy atom. The van der Waals surface area contributed by atoms with Crippen molar-refractivity contribution in [2.45, 2.75) is 6.10 Å². The average Bonchev–Trinajstić information content (AvgIpc) is 2.81. The van der Waals surface area contributed by atoms with Crippen molar-refractivity contribution in [3.63, 3.8) is 0 Å². The van der Waals surface area contributed by atoms with Crippen LogP contribution in [0.1, 0.15) is 5.56 Å². The summed E-state index contributed by atoms with van der Waals surface area (Å²) < 4.78 is 11.7. The molecule has 0 unspecified atom stereocenters. The van der Waals surface area contributed by atoms with Crippen LogP contribution in [0.3, 0.4) is 0 Å². The highest BCUT2D eigenvalue weighted by Crippen LogP contribution is 2.30. The van der Waals surface area contributed by atoms with E-state index in [2.05, 4.69) is 46.2 Å². The van der Waals surface area contributed by atoms with E-state index < -0.39 is 0 Å². The van der Waals surface area contributed by atoms with Crippen molar-refractivity contribution < 1.29 is 14.3 Å². The minimum atomic E-state index is -0.142. The van der Waals surface area contributed by atoms with E-state index in [9.17, 15) is 4.79 Å². The van der Waals surface area contributed by atoms with Gasteiger partial charge in [0.2, 0.25) is 5.91 Å². The summed E-state index contributed by atoms with van der Waals surface area (Å²) in [6.07, 6.45) is 4.24. The number of carbonyl (C=O) groups is 1. The number of fused-ring (bicyclic) bond motifs is 1. The van der Waals surface area contributed by atoms with Crippen LogP contribution in [0.25, 0.3) is 6.08 Å². The van der Waals surface area contributed by atoms with Gasteiger partial charge in [-0.25, -0.2) is 0 Å². The van der Waals surface area contributed by atoms with Crippen LogP contribution >= 0.6 is 0 Å². The number of benzene rings is 2. The molecular weight excluding hydrogens is 390 g/mol. The van der Waals surface area contributed by atoms with E-state index in [0.717, 1.165) is 44.2 Å². The molecule has 2 aliphatic rings. The molecule has 6 heteroatoms. The van der Waals surface area contributed by atoms with E-state index in [0.29, 0.717) is 19.7 Å². The Balaban J connectivity index is 1.16. The molecule has 0 radical (unpaired) electrons. The van der Waals surface area contributed by atoms with Crippen molar-refractivity contribution in [3.05, 3.63) is 66.2 Å². The van der Waals surface area contributed by atoms with Crippen molar-refractivity contribution in [2.75, 3.05) is 59.5 Å². The third-order valence-corrected chi connectivity index (χ3v) is 5.77. The Kier molecular flexibility index (Phi) is 7.22. The molecule has 2 aromatic rings. The third kappa shape index (κ3) is 6.09. The molecule has 1 saturated heterocycles. The van der Waals surface area contributed by atoms with Gasteiger partial charge < -0.3 is 14.4 Å². The summed E-state index contributed by atoms with van der Waals surface area (Å²) in [5.74, 6) is 1.64. The van der Waals surface area contributed by atoms with Crippen molar-refractivity contribution in [1.29, 1.82) is 0 Å². The van der Waals surface area contributed by atoms with Gasteiger partial charge in [0.05, 0.1) is 13.1 Å². The molecule has 0 N–H and O–H groups in total. The third-order valence-electron chi connectivity index (χ3n) is 5.77. The molecular formula is C25H31N3O3. The Labute approximate surface area is 184 Å². The van der Waals surface area contributed by atoms with E-state index in [1.807, 2.05) is 37.4 Å². The van der Waals surface area contributed by atoms with Crippen LogP contribution in [0.2, 0.25) is 0 Å². The van der Waals surface area contributed by atoms with E-state index in [1.165, 1.54) is 5.56 Å². The topological polar surface area (TPSA) is 45.3 Å². The second kappa shape index (κ2) is 10.5. The first-order valence-electron chi connectivity index (χ1n) is 11.0. The first kappa shape index (κ1) is 21.4. The zero-order chi connectivity index (χ0) is 21.5. The van der Waals surface area contributed by atoms with Gasteiger partial charge in [0.15, 0.2) is 17.6 Å². The number of hydrogen-bond acceptors (Lipinski definition) is 5. The van der Waals surface area contributed by atoms with E-state index in [-0.39, 0.29) is 12.0 Å². The molecule has 0 saturated carbocycles. The zero-order valence-electron chi connectivity index (χ0n) is 18.2. The van der Waals surface area contributed by atoms with Crippen LogP contribution in [0.4, 0.5) is 0 Å². The molecule has 0 aromatic heterocycles. The Morgan fingerprint density at radius 3 is 2.45 bits per heavy atom. The lowest BCUT2D eigenvalue weighted by atomic mass is 10.2. The standard InChI is InChI=1S/C25H31N3O3/c1-26(18-22-20-30-23-11-5-6-12-24(23)31-22)25(29)19-28-16-14-27(15-17-28)13-7-10-21-8-3-2-4-9-21/h2-12,22H,13-20H2,1H3/b10-7+/t22-/m0/s1. The predicted octanol–water partition coefficient (Wildman–Crippen LogP) is 2.62. The van der Waals surface area contributed by atoms with Gasteiger partial charge in [0, 0.05) is 39.8 Å². The Hall–Kier alpha value is -2.83. The van der Waals surface area contributed by atoms with Crippen molar-refractivity contribution in [3.8, 4) is 11.5 Å². The summed E-state index contributed by atoms with van der Waals surface area (Å²) in [7, 11) is 1.84. The number of hydrogen-bond donors (Lipinski definition) is 0. The van der Waals surface area contributed by atoms with Gasteiger partial charge in [-0.1, -0.05) is 54.6 Å². The summed E-state index contributed by atoms with van der Waals surface area (Å²) in [6.45, 7) is 6.16. The SMILES string of the molecule is CN(C[C@H]1COc2ccccc2O1)C(=O)CN1CCN(C/C=C/c2ccccc2)CC1. The van der Waals surface area contributed by atoms with Crippen LogP contribution in [0.15, 0.2) is 60.7 Å². The van der Waals surface area contributed by atoms with Gasteiger partial charge in [-0.15, -0.1) is 0 Å². The number of likely N-dealkylation sites (N-methyl/N-ethyl adjacent to an activating group) is 1. The van der Waals surface area contributed by atoms with E-state index in [1.54, 1.807) is 4.90 Å². The second-order valence-corrected chi connectivity index (χ2v) is 8.16. The molecule has 1 atom stereocenters. The highest BCUT2D eigenvalue weighted by atomic mass is 16.6. The number of ether oxygens (including phenoxy) is 2. The number of carbonyl (C=O) groups excluding carboxylic acids is 1. The molecule has 31 heavy (non-hydrogen) atoms. The van der Waals surface area contributed by atoms with Gasteiger partial charge >= 0.3 is 0 Å². The summed E-state index contributed by atoms with van der Waals surface area (Å²) in [6, 6.07) is 18.0. The zero-order valence-corrected chi connectivity index (χ0v) is 18.2. The number of rotatable bonds is 7. The normalized spacial score (nSPS) is 19.5. The highest BCUT2D eigenvalue weighted by molar-refractivity contribution is 5.78. The molecule has 6 nitrogen and oxygen atoms in total.